The van der Waals surface area contributed by atoms with E-state index in [4.69, 9.17) is 17.3 Å². The number of carbonyl (C=O) groups excluding carboxylic acids is 2. The Bertz CT molecular complexity index is 719. The topological polar surface area (TPSA) is 86.7 Å². The van der Waals surface area contributed by atoms with Gasteiger partial charge in [-0.15, -0.1) is 0 Å². The van der Waals surface area contributed by atoms with E-state index in [2.05, 4.69) is 5.32 Å². The highest BCUT2D eigenvalue weighted by atomic mass is 32.2. The van der Waals surface area contributed by atoms with E-state index in [1.807, 2.05) is 37.3 Å². The molecule has 8 heteroatoms. The Labute approximate surface area is 155 Å². The summed E-state index contributed by atoms with van der Waals surface area (Å²) in [6.07, 6.45) is 2.67. The molecule has 0 radical (unpaired) electrons. The van der Waals surface area contributed by atoms with Crippen LogP contribution in [0.5, 0.6) is 0 Å². The zero-order chi connectivity index (χ0) is 18.4. The lowest BCUT2D eigenvalue weighted by molar-refractivity contribution is -0.142. The molecule has 1 fully saturated rings. The zero-order valence-corrected chi connectivity index (χ0v) is 15.2. The van der Waals surface area contributed by atoms with Crippen LogP contribution in [0.3, 0.4) is 0 Å². The second kappa shape index (κ2) is 8.77. The Hall–Kier alpha value is -2.19. The van der Waals surface area contributed by atoms with Crippen LogP contribution in [-0.4, -0.2) is 44.7 Å². The van der Waals surface area contributed by atoms with E-state index in [1.54, 1.807) is 6.08 Å². The predicted octanol–water partition coefficient (Wildman–Crippen LogP) is 2.26. The van der Waals surface area contributed by atoms with Gasteiger partial charge < -0.3 is 10.4 Å². The Balaban J connectivity index is 2.04. The summed E-state index contributed by atoms with van der Waals surface area (Å²) in [5.41, 5.74) is 0.862. The van der Waals surface area contributed by atoms with E-state index >= 15 is 0 Å². The molecule has 0 aromatic heterocycles. The first-order valence-corrected chi connectivity index (χ1v) is 8.97. The smallest absolute Gasteiger partial charge is 0.326 e. The van der Waals surface area contributed by atoms with Crippen LogP contribution >= 0.6 is 24.0 Å². The standard InChI is InChI=1S/C17H18N2O4S2/c1-2-6-12(16(22)23)18-14(20)10-19-15(21)13(25-17(19)24)9-11-7-4-3-5-8-11/h3-5,7-9,12H,2,6,10H2,1H3,(H,18,20)(H,22,23)/b13-9-/t12-/m0/s1. The van der Waals surface area contributed by atoms with Crippen molar-refractivity contribution in [3.8, 4) is 0 Å². The van der Waals surface area contributed by atoms with Crippen molar-refractivity contribution in [2.75, 3.05) is 6.54 Å². The van der Waals surface area contributed by atoms with Crippen LogP contribution in [0.15, 0.2) is 35.2 Å². The Morgan fingerprint density at radius 1 is 1.36 bits per heavy atom. The maximum absolute atomic E-state index is 12.5. The molecule has 1 heterocycles. The number of carbonyl (C=O) groups is 3. The first kappa shape index (κ1) is 19.1. The highest BCUT2D eigenvalue weighted by Crippen LogP contribution is 2.32. The van der Waals surface area contributed by atoms with Crippen molar-refractivity contribution >= 4 is 52.2 Å². The molecule has 1 atom stereocenters. The molecule has 25 heavy (non-hydrogen) atoms. The number of rotatable bonds is 7. The van der Waals surface area contributed by atoms with Crippen LogP contribution in [0.25, 0.3) is 6.08 Å². The summed E-state index contributed by atoms with van der Waals surface area (Å²) in [5, 5.41) is 11.5. The molecule has 2 rings (SSSR count). The molecule has 1 aromatic carbocycles. The molecule has 2 amide bonds. The molecule has 6 nitrogen and oxygen atoms in total. The second-order valence-electron chi connectivity index (χ2n) is 5.43. The summed E-state index contributed by atoms with van der Waals surface area (Å²) in [5.74, 6) is -1.99. The molecule has 0 aliphatic carbocycles. The maximum Gasteiger partial charge on any atom is 0.326 e. The molecular formula is C17H18N2O4S2. The molecule has 1 aliphatic heterocycles. The lowest BCUT2D eigenvalue weighted by atomic mass is 10.1. The van der Waals surface area contributed by atoms with Crippen molar-refractivity contribution in [3.63, 3.8) is 0 Å². The van der Waals surface area contributed by atoms with E-state index in [1.165, 1.54) is 4.90 Å². The number of benzene rings is 1. The number of hydrogen-bond donors (Lipinski definition) is 2. The Morgan fingerprint density at radius 2 is 2.04 bits per heavy atom. The average molecular weight is 378 g/mol. The summed E-state index contributed by atoms with van der Waals surface area (Å²) in [6.45, 7) is 1.54. The molecule has 1 aromatic rings. The fourth-order valence-electron chi connectivity index (χ4n) is 2.27. The highest BCUT2D eigenvalue weighted by molar-refractivity contribution is 8.26. The number of nitrogens with zero attached hydrogens (tertiary/aromatic N) is 1. The summed E-state index contributed by atoms with van der Waals surface area (Å²) < 4.78 is 0.282. The number of carboxylic acid groups (broad SMARTS) is 1. The normalized spacial score (nSPS) is 17.0. The van der Waals surface area contributed by atoms with Crippen LogP contribution in [0, 0.1) is 0 Å². The number of nitrogens with one attached hydrogen (secondary N) is 1. The van der Waals surface area contributed by atoms with Crippen molar-refractivity contribution in [1.29, 1.82) is 0 Å². The lowest BCUT2D eigenvalue weighted by Gasteiger charge is -2.17. The van der Waals surface area contributed by atoms with Gasteiger partial charge in [0.15, 0.2) is 0 Å². The molecule has 1 saturated heterocycles. The summed E-state index contributed by atoms with van der Waals surface area (Å²) >= 11 is 6.30. The molecule has 1 aliphatic rings. The Morgan fingerprint density at radius 3 is 2.64 bits per heavy atom. The van der Waals surface area contributed by atoms with Crippen molar-refractivity contribution in [2.24, 2.45) is 0 Å². The van der Waals surface area contributed by atoms with Gasteiger partial charge in [0.1, 0.15) is 16.9 Å². The first-order chi connectivity index (χ1) is 11.9. The SMILES string of the molecule is CCC[C@H](NC(=O)CN1C(=O)/C(=C/c2ccccc2)SC1=S)C(=O)O. The largest absolute Gasteiger partial charge is 0.480 e. The van der Waals surface area contributed by atoms with Crippen molar-refractivity contribution < 1.29 is 19.5 Å². The fraction of sp³-hybridized carbons (Fsp3) is 0.294. The van der Waals surface area contributed by atoms with Gasteiger partial charge in [-0.2, -0.15) is 0 Å². The van der Waals surface area contributed by atoms with Gasteiger partial charge in [0.2, 0.25) is 5.91 Å². The zero-order valence-electron chi connectivity index (χ0n) is 13.6. The minimum atomic E-state index is -1.09. The van der Waals surface area contributed by atoms with E-state index in [0.717, 1.165) is 17.3 Å². The fourth-order valence-corrected chi connectivity index (χ4v) is 3.52. The van der Waals surface area contributed by atoms with Crippen molar-refractivity contribution in [3.05, 3.63) is 40.8 Å². The molecule has 132 valence electrons. The molecule has 2 N–H and O–H groups in total. The summed E-state index contributed by atoms with van der Waals surface area (Å²) in [6, 6.07) is 8.36. The van der Waals surface area contributed by atoms with E-state index < -0.39 is 17.9 Å². The third kappa shape index (κ3) is 5.14. The minimum Gasteiger partial charge on any atom is -0.480 e. The lowest BCUT2D eigenvalue weighted by Crippen LogP contribution is -2.46. The van der Waals surface area contributed by atoms with Gasteiger partial charge in [0.05, 0.1) is 4.91 Å². The number of thioether (sulfide) groups is 1. The van der Waals surface area contributed by atoms with Crippen LogP contribution in [-0.2, 0) is 14.4 Å². The van der Waals surface area contributed by atoms with Gasteiger partial charge in [-0.1, -0.05) is 67.7 Å². The molecule has 0 spiro atoms. The molecule has 0 saturated carbocycles. The number of thiocarbonyl (C=S) groups is 1. The van der Waals surface area contributed by atoms with Crippen LogP contribution < -0.4 is 5.32 Å². The van der Waals surface area contributed by atoms with Gasteiger partial charge in [-0.25, -0.2) is 4.79 Å². The number of amides is 2. The Kier molecular flexibility index (Phi) is 6.72. The number of carboxylic acids is 1. The average Bonchev–Trinajstić information content (AvgIpc) is 2.83. The van der Waals surface area contributed by atoms with Crippen LogP contribution in [0.2, 0.25) is 0 Å². The molecule has 0 unspecified atom stereocenters. The second-order valence-corrected chi connectivity index (χ2v) is 7.10. The summed E-state index contributed by atoms with van der Waals surface area (Å²) in [4.78, 5) is 37.3. The van der Waals surface area contributed by atoms with Gasteiger partial charge in [0.25, 0.3) is 5.91 Å². The highest BCUT2D eigenvalue weighted by Gasteiger charge is 2.34. The monoisotopic (exact) mass is 378 g/mol. The van der Waals surface area contributed by atoms with E-state index in [-0.39, 0.29) is 16.8 Å². The molecular weight excluding hydrogens is 360 g/mol. The van der Waals surface area contributed by atoms with Crippen LogP contribution in [0.4, 0.5) is 0 Å². The third-order valence-electron chi connectivity index (χ3n) is 3.48. The number of hydrogen-bond acceptors (Lipinski definition) is 5. The molecule has 0 bridgehead atoms. The van der Waals surface area contributed by atoms with Crippen molar-refractivity contribution in [1.82, 2.24) is 10.2 Å². The van der Waals surface area contributed by atoms with Crippen molar-refractivity contribution in [2.45, 2.75) is 25.8 Å². The minimum absolute atomic E-state index is 0.282. The van der Waals surface area contributed by atoms with E-state index in [0.29, 0.717) is 17.7 Å². The third-order valence-corrected chi connectivity index (χ3v) is 4.86. The van der Waals surface area contributed by atoms with Gasteiger partial charge >= 0.3 is 5.97 Å². The first-order valence-electron chi connectivity index (χ1n) is 7.75. The maximum atomic E-state index is 12.5. The summed E-state index contributed by atoms with van der Waals surface area (Å²) in [7, 11) is 0. The van der Waals surface area contributed by atoms with Gasteiger partial charge in [-0.05, 0) is 18.1 Å². The predicted molar refractivity (Wildman–Crippen MR) is 101 cm³/mol. The number of aliphatic carboxylic acids is 1. The van der Waals surface area contributed by atoms with Gasteiger partial charge in [-0.3, -0.25) is 14.5 Å². The van der Waals surface area contributed by atoms with Crippen LogP contribution in [0.1, 0.15) is 25.3 Å². The van der Waals surface area contributed by atoms with E-state index in [9.17, 15) is 14.4 Å². The quantitative estimate of drug-likeness (QED) is 0.559. The van der Waals surface area contributed by atoms with Gasteiger partial charge in [0, 0.05) is 0 Å².